The maximum Gasteiger partial charge on any atom is 0.151 e. The van der Waals surface area contributed by atoms with Crippen LogP contribution in [0.2, 0.25) is 5.02 Å². The summed E-state index contributed by atoms with van der Waals surface area (Å²) < 4.78 is 15.6. The average Bonchev–Trinajstić information content (AvgIpc) is 2.72. The summed E-state index contributed by atoms with van der Waals surface area (Å²) >= 11 is 5.90. The number of benzene rings is 2. The number of hydrogen-bond acceptors (Lipinski definition) is 2. The van der Waals surface area contributed by atoms with E-state index in [2.05, 4.69) is 4.98 Å². The number of nitrogens with two attached hydrogens (primary N) is 1. The highest BCUT2D eigenvalue weighted by atomic mass is 35.5. The second kappa shape index (κ2) is 4.24. The van der Waals surface area contributed by atoms with Crippen LogP contribution in [0.25, 0.3) is 22.4 Å². The lowest BCUT2D eigenvalue weighted by Crippen LogP contribution is -1.94. The van der Waals surface area contributed by atoms with Crippen LogP contribution in [0, 0.1) is 5.82 Å². The van der Waals surface area contributed by atoms with E-state index in [1.165, 1.54) is 6.07 Å². The summed E-state index contributed by atoms with van der Waals surface area (Å²) in [5, 5.41) is 0.494. The summed E-state index contributed by atoms with van der Waals surface area (Å²) in [4.78, 5) is 4.34. The van der Waals surface area contributed by atoms with Gasteiger partial charge in [0.1, 0.15) is 11.3 Å². The minimum absolute atomic E-state index is 0.332. The Balaban J connectivity index is 2.28. The molecule has 3 aromatic rings. The average molecular weight is 276 g/mol. The molecule has 0 saturated carbocycles. The van der Waals surface area contributed by atoms with Crippen molar-refractivity contribution in [2.24, 2.45) is 7.05 Å². The molecule has 0 bridgehead atoms. The molecule has 96 valence electrons. The van der Waals surface area contributed by atoms with Gasteiger partial charge in [0, 0.05) is 12.6 Å². The van der Waals surface area contributed by atoms with Crippen molar-refractivity contribution in [1.82, 2.24) is 9.55 Å². The molecule has 0 aliphatic carbocycles. The summed E-state index contributed by atoms with van der Waals surface area (Å²) in [5.41, 5.74) is 8.17. The standard InChI is InChI=1S/C14H11ClFN3/c1-19-12-4-2-3-10(16)13(12)18-14(19)8-5-6-9(15)11(17)7-8/h2-7H,17H2,1H3. The van der Waals surface area contributed by atoms with Crippen LogP contribution in [-0.2, 0) is 7.05 Å². The first-order valence-corrected chi connectivity index (χ1v) is 6.12. The van der Waals surface area contributed by atoms with Crippen LogP contribution in [0.4, 0.5) is 10.1 Å². The van der Waals surface area contributed by atoms with Crippen LogP contribution in [0.1, 0.15) is 0 Å². The van der Waals surface area contributed by atoms with Crippen LogP contribution < -0.4 is 5.73 Å². The molecule has 3 rings (SSSR count). The molecular formula is C14H11ClFN3. The third kappa shape index (κ3) is 1.85. The largest absolute Gasteiger partial charge is 0.398 e. The van der Waals surface area contributed by atoms with E-state index in [9.17, 15) is 4.39 Å². The molecule has 0 aliphatic heterocycles. The maximum atomic E-state index is 13.7. The molecule has 0 spiro atoms. The number of nitrogens with zero attached hydrogens (tertiary/aromatic N) is 2. The summed E-state index contributed by atoms with van der Waals surface area (Å²) in [6.07, 6.45) is 0. The second-order valence-electron chi connectivity index (χ2n) is 4.34. The first-order chi connectivity index (χ1) is 9.08. The van der Waals surface area contributed by atoms with E-state index in [1.807, 2.05) is 23.7 Å². The topological polar surface area (TPSA) is 43.8 Å². The lowest BCUT2D eigenvalue weighted by Gasteiger charge is -2.04. The second-order valence-corrected chi connectivity index (χ2v) is 4.75. The molecule has 1 aromatic heterocycles. The van der Waals surface area contributed by atoms with Gasteiger partial charge in [-0.3, -0.25) is 0 Å². The molecule has 2 N–H and O–H groups in total. The molecule has 0 fully saturated rings. The number of para-hydroxylation sites is 1. The van der Waals surface area contributed by atoms with Gasteiger partial charge >= 0.3 is 0 Å². The lowest BCUT2D eigenvalue weighted by atomic mass is 10.2. The first-order valence-electron chi connectivity index (χ1n) is 5.74. The SMILES string of the molecule is Cn1c(-c2ccc(Cl)c(N)c2)nc2c(F)cccc21. The summed E-state index contributed by atoms with van der Waals surface area (Å²) in [6, 6.07) is 10.2. The normalized spacial score (nSPS) is 11.1. The Morgan fingerprint density at radius 3 is 2.74 bits per heavy atom. The molecule has 1 heterocycles. The number of anilines is 1. The zero-order chi connectivity index (χ0) is 13.6. The van der Waals surface area contributed by atoms with Gasteiger partial charge in [-0.15, -0.1) is 0 Å². The Bertz CT molecular complexity index is 780. The molecule has 5 heteroatoms. The van der Waals surface area contributed by atoms with E-state index >= 15 is 0 Å². The van der Waals surface area contributed by atoms with Gasteiger partial charge in [0.15, 0.2) is 5.82 Å². The fraction of sp³-hybridized carbons (Fsp3) is 0.0714. The van der Waals surface area contributed by atoms with E-state index in [1.54, 1.807) is 18.2 Å². The highest BCUT2D eigenvalue weighted by Crippen LogP contribution is 2.29. The Labute approximate surface area is 114 Å². The fourth-order valence-electron chi connectivity index (χ4n) is 2.12. The predicted octanol–water partition coefficient (Wildman–Crippen LogP) is 3.62. The summed E-state index contributed by atoms with van der Waals surface area (Å²) in [7, 11) is 1.84. The van der Waals surface area contributed by atoms with Crippen molar-refractivity contribution in [2.75, 3.05) is 5.73 Å². The van der Waals surface area contributed by atoms with Crippen LogP contribution in [0.3, 0.4) is 0 Å². The van der Waals surface area contributed by atoms with Gasteiger partial charge in [-0.1, -0.05) is 17.7 Å². The van der Waals surface area contributed by atoms with Crippen LogP contribution in [0.5, 0.6) is 0 Å². The number of halogens is 2. The Morgan fingerprint density at radius 2 is 2.05 bits per heavy atom. The van der Waals surface area contributed by atoms with Crippen molar-refractivity contribution in [3.63, 3.8) is 0 Å². The van der Waals surface area contributed by atoms with Crippen molar-refractivity contribution in [3.8, 4) is 11.4 Å². The van der Waals surface area contributed by atoms with E-state index in [4.69, 9.17) is 17.3 Å². The predicted molar refractivity (Wildman–Crippen MR) is 75.5 cm³/mol. The number of rotatable bonds is 1. The minimum atomic E-state index is -0.332. The Hall–Kier alpha value is -2.07. The fourth-order valence-corrected chi connectivity index (χ4v) is 2.24. The van der Waals surface area contributed by atoms with Gasteiger partial charge in [0.2, 0.25) is 0 Å². The molecule has 0 atom stereocenters. The van der Waals surface area contributed by atoms with Crippen molar-refractivity contribution in [3.05, 3.63) is 47.2 Å². The van der Waals surface area contributed by atoms with Crippen LogP contribution >= 0.6 is 11.6 Å². The number of hydrogen-bond donors (Lipinski definition) is 1. The molecule has 0 aliphatic rings. The summed E-state index contributed by atoms with van der Waals surface area (Å²) in [5.74, 6) is 0.324. The molecule has 0 radical (unpaired) electrons. The minimum Gasteiger partial charge on any atom is -0.398 e. The molecule has 0 amide bonds. The Kier molecular flexibility index (Phi) is 2.68. The van der Waals surface area contributed by atoms with Gasteiger partial charge in [-0.2, -0.15) is 0 Å². The zero-order valence-electron chi connectivity index (χ0n) is 10.2. The number of nitrogen functional groups attached to an aromatic ring is 1. The quantitative estimate of drug-likeness (QED) is 0.690. The van der Waals surface area contributed by atoms with Gasteiger partial charge in [-0.25, -0.2) is 9.37 Å². The van der Waals surface area contributed by atoms with E-state index in [0.29, 0.717) is 22.1 Å². The summed E-state index contributed by atoms with van der Waals surface area (Å²) in [6.45, 7) is 0. The van der Waals surface area contributed by atoms with Crippen molar-refractivity contribution in [1.29, 1.82) is 0 Å². The third-order valence-corrected chi connectivity index (χ3v) is 3.46. The highest BCUT2D eigenvalue weighted by Gasteiger charge is 2.13. The molecule has 0 saturated heterocycles. The molecule has 2 aromatic carbocycles. The maximum absolute atomic E-state index is 13.7. The van der Waals surface area contributed by atoms with Crippen molar-refractivity contribution < 1.29 is 4.39 Å². The third-order valence-electron chi connectivity index (χ3n) is 3.12. The van der Waals surface area contributed by atoms with E-state index in [0.717, 1.165) is 11.1 Å². The molecule has 3 nitrogen and oxygen atoms in total. The monoisotopic (exact) mass is 275 g/mol. The van der Waals surface area contributed by atoms with Crippen LogP contribution in [-0.4, -0.2) is 9.55 Å². The molecule has 0 unspecified atom stereocenters. The first kappa shape index (κ1) is 12.0. The lowest BCUT2D eigenvalue weighted by molar-refractivity contribution is 0.637. The number of aryl methyl sites for hydroxylation is 1. The van der Waals surface area contributed by atoms with Gasteiger partial charge in [0.25, 0.3) is 0 Å². The van der Waals surface area contributed by atoms with Gasteiger partial charge < -0.3 is 10.3 Å². The van der Waals surface area contributed by atoms with Gasteiger partial charge in [0.05, 0.1) is 16.2 Å². The number of aromatic nitrogens is 2. The van der Waals surface area contributed by atoms with Crippen molar-refractivity contribution in [2.45, 2.75) is 0 Å². The Morgan fingerprint density at radius 1 is 1.26 bits per heavy atom. The van der Waals surface area contributed by atoms with E-state index < -0.39 is 0 Å². The number of imidazole rings is 1. The highest BCUT2D eigenvalue weighted by molar-refractivity contribution is 6.33. The van der Waals surface area contributed by atoms with Crippen LogP contribution in [0.15, 0.2) is 36.4 Å². The number of fused-ring (bicyclic) bond motifs is 1. The molecule has 19 heavy (non-hydrogen) atoms. The smallest absolute Gasteiger partial charge is 0.151 e. The zero-order valence-corrected chi connectivity index (χ0v) is 10.9. The van der Waals surface area contributed by atoms with E-state index in [-0.39, 0.29) is 5.82 Å². The van der Waals surface area contributed by atoms with Crippen molar-refractivity contribution >= 4 is 28.3 Å². The van der Waals surface area contributed by atoms with Gasteiger partial charge in [-0.05, 0) is 30.3 Å². The molecular weight excluding hydrogens is 265 g/mol.